The van der Waals surface area contributed by atoms with E-state index >= 15 is 0 Å². The van der Waals surface area contributed by atoms with E-state index < -0.39 is 40.7 Å². The number of ether oxygens (including phenoxy) is 3. The standard InChI is InChI=1S/C47H26O9S3/c48-37-31-17-9-7-15-29(31)33(39(37)50)19-27-21-35-42(57-27)44-41(43-36(59-44)22-28(58-43)20-34-30-16-8-10-18-32(30)38(49)40(34)51)56-47(35,45(52)54-23-25-11-3-1-4-12-25)46(53)55-24-26-13-5-2-6-14-26/h1-22H,23-24H2/b33-19-,34-20-. The predicted octanol–water partition coefficient (Wildman–Crippen LogP) is 9.38. The maximum atomic E-state index is 14.8. The first kappa shape index (κ1) is 36.5. The van der Waals surface area contributed by atoms with Crippen LogP contribution < -0.4 is 4.74 Å². The Morgan fingerprint density at radius 2 is 1.02 bits per heavy atom. The van der Waals surface area contributed by atoms with E-state index in [4.69, 9.17) is 14.2 Å². The van der Waals surface area contributed by atoms with Crippen LogP contribution in [0.15, 0.2) is 121 Å². The molecule has 0 unspecified atom stereocenters. The van der Waals surface area contributed by atoms with E-state index in [9.17, 15) is 28.8 Å². The third-order valence-electron chi connectivity index (χ3n) is 10.3. The first-order valence-electron chi connectivity index (χ1n) is 18.3. The molecule has 0 bridgehead atoms. The Bertz CT molecular complexity index is 2980. The highest BCUT2D eigenvalue weighted by molar-refractivity contribution is 7.32. The number of thiophene rings is 3. The Morgan fingerprint density at radius 3 is 1.54 bits per heavy atom. The lowest BCUT2D eigenvalue weighted by atomic mass is 9.90. The monoisotopic (exact) mass is 830 g/mol. The largest absolute Gasteiger partial charge is 0.457 e. The van der Waals surface area contributed by atoms with Gasteiger partial charge in [-0.1, -0.05) is 109 Å². The number of carbonyl (C=O) groups excluding carboxylic acids is 6. The van der Waals surface area contributed by atoms with Crippen molar-refractivity contribution < 1.29 is 43.0 Å². The maximum absolute atomic E-state index is 14.8. The van der Waals surface area contributed by atoms with Crippen molar-refractivity contribution in [3.05, 3.63) is 170 Å². The summed E-state index contributed by atoms with van der Waals surface area (Å²) in [6, 6.07) is 35.1. The van der Waals surface area contributed by atoms with Gasteiger partial charge < -0.3 is 14.2 Å². The lowest BCUT2D eigenvalue weighted by molar-refractivity contribution is -0.183. The molecular weight excluding hydrogens is 805 g/mol. The van der Waals surface area contributed by atoms with Crippen LogP contribution in [0.2, 0.25) is 0 Å². The maximum Gasteiger partial charge on any atom is 0.367 e. The van der Waals surface area contributed by atoms with Gasteiger partial charge in [0, 0.05) is 37.6 Å². The summed E-state index contributed by atoms with van der Waals surface area (Å²) in [7, 11) is 0. The van der Waals surface area contributed by atoms with E-state index in [1.54, 1.807) is 115 Å². The predicted molar refractivity (Wildman–Crippen MR) is 225 cm³/mol. The smallest absolute Gasteiger partial charge is 0.367 e. The Hall–Kier alpha value is -6.86. The molecule has 0 radical (unpaired) electrons. The van der Waals surface area contributed by atoms with Gasteiger partial charge in [0.05, 0.1) is 19.2 Å². The summed E-state index contributed by atoms with van der Waals surface area (Å²) in [5.74, 6) is -4.21. The number of esters is 2. The summed E-state index contributed by atoms with van der Waals surface area (Å²) in [4.78, 5) is 84.0. The summed E-state index contributed by atoms with van der Waals surface area (Å²) in [5, 5.41) is 0. The van der Waals surface area contributed by atoms with Crippen LogP contribution in [0.3, 0.4) is 0 Å². The zero-order valence-electron chi connectivity index (χ0n) is 30.5. The zero-order chi connectivity index (χ0) is 40.4. The minimum absolute atomic E-state index is 0.169. The average molecular weight is 831 g/mol. The molecule has 0 saturated heterocycles. The van der Waals surface area contributed by atoms with Gasteiger partial charge in [-0.25, -0.2) is 9.59 Å². The van der Waals surface area contributed by atoms with E-state index in [2.05, 4.69) is 0 Å². The molecular formula is C47H26O9S3. The van der Waals surface area contributed by atoms with Crippen molar-refractivity contribution in [2.75, 3.05) is 0 Å². The molecule has 7 aromatic rings. The van der Waals surface area contributed by atoms with Crippen LogP contribution in [-0.4, -0.2) is 35.1 Å². The van der Waals surface area contributed by atoms with Gasteiger partial charge in [0.25, 0.3) is 0 Å². The molecule has 12 heteroatoms. The molecule has 1 aliphatic heterocycles. The lowest BCUT2D eigenvalue weighted by Crippen LogP contribution is -2.52. The molecule has 0 fully saturated rings. The van der Waals surface area contributed by atoms with Gasteiger partial charge >= 0.3 is 17.5 Å². The number of benzene rings is 4. The molecule has 0 amide bonds. The van der Waals surface area contributed by atoms with Gasteiger partial charge in [-0.15, -0.1) is 34.0 Å². The molecule has 3 aromatic heterocycles. The van der Waals surface area contributed by atoms with Gasteiger partial charge in [-0.2, -0.15) is 0 Å². The molecule has 9 nitrogen and oxygen atoms in total. The van der Waals surface area contributed by atoms with Crippen molar-refractivity contribution in [1.82, 2.24) is 0 Å². The zero-order valence-corrected chi connectivity index (χ0v) is 33.0. The Balaban J connectivity index is 1.14. The average Bonchev–Trinajstić information content (AvgIpc) is 4.06. The number of allylic oxidation sites excluding steroid dienone is 2. The fourth-order valence-corrected chi connectivity index (χ4v) is 11.2. The van der Waals surface area contributed by atoms with Crippen molar-refractivity contribution in [2.45, 2.75) is 18.8 Å². The number of carbonyl (C=O) groups is 6. The van der Waals surface area contributed by atoms with Gasteiger partial charge in [-0.05, 0) is 46.5 Å². The van der Waals surface area contributed by atoms with Crippen LogP contribution in [0.5, 0.6) is 5.75 Å². The van der Waals surface area contributed by atoms with Gasteiger partial charge in [0.2, 0.25) is 23.1 Å². The quantitative estimate of drug-likeness (QED) is 0.0637. The van der Waals surface area contributed by atoms with Crippen LogP contribution >= 0.6 is 34.0 Å². The Kier molecular flexibility index (Phi) is 8.78. The summed E-state index contributed by atoms with van der Waals surface area (Å²) in [6.45, 7) is -0.339. The molecule has 0 N–H and O–H groups in total. The minimum atomic E-state index is -2.46. The third kappa shape index (κ3) is 5.94. The van der Waals surface area contributed by atoms with Crippen LogP contribution in [-0.2, 0) is 47.5 Å². The van der Waals surface area contributed by atoms with Crippen molar-refractivity contribution in [1.29, 1.82) is 0 Å². The van der Waals surface area contributed by atoms with Crippen LogP contribution in [0.25, 0.3) is 42.5 Å². The second-order valence-electron chi connectivity index (χ2n) is 13.9. The molecule has 3 aliphatic rings. The fraction of sp³-hybridized carbons (Fsp3) is 0.0638. The number of hydrogen-bond donors (Lipinski definition) is 0. The second kappa shape index (κ2) is 14.2. The molecule has 10 rings (SSSR count). The van der Waals surface area contributed by atoms with E-state index in [1.165, 1.54) is 34.0 Å². The number of ketones is 4. The number of rotatable bonds is 8. The molecule has 59 heavy (non-hydrogen) atoms. The van der Waals surface area contributed by atoms with Crippen molar-refractivity contribution in [3.8, 4) is 15.5 Å². The molecule has 2 aliphatic carbocycles. The number of fused-ring (bicyclic) bond motifs is 7. The molecule has 286 valence electrons. The highest BCUT2D eigenvalue weighted by Gasteiger charge is 2.59. The summed E-state index contributed by atoms with van der Waals surface area (Å²) in [6.07, 6.45) is 3.27. The topological polar surface area (TPSA) is 130 Å². The minimum Gasteiger partial charge on any atom is -0.457 e. The summed E-state index contributed by atoms with van der Waals surface area (Å²) >= 11 is 3.88. The Labute approximate surface area is 347 Å². The van der Waals surface area contributed by atoms with Crippen LogP contribution in [0.1, 0.15) is 58.3 Å². The molecule has 0 atom stereocenters. The van der Waals surface area contributed by atoms with E-state index in [1.807, 2.05) is 18.2 Å². The number of hydrogen-bond acceptors (Lipinski definition) is 12. The second-order valence-corrected chi connectivity index (χ2v) is 17.1. The van der Waals surface area contributed by atoms with Gasteiger partial charge in [0.15, 0.2) is 5.75 Å². The van der Waals surface area contributed by atoms with E-state index in [-0.39, 0.29) is 35.7 Å². The highest BCUT2D eigenvalue weighted by atomic mass is 32.1. The van der Waals surface area contributed by atoms with Crippen LogP contribution in [0, 0.1) is 0 Å². The molecule has 0 spiro atoms. The first-order chi connectivity index (χ1) is 28.7. The highest BCUT2D eigenvalue weighted by Crippen LogP contribution is 2.58. The van der Waals surface area contributed by atoms with E-state index in [0.29, 0.717) is 57.6 Å². The Morgan fingerprint density at radius 1 is 0.542 bits per heavy atom. The number of Topliss-reactive ketones (excluding diaryl/α,β-unsaturated/α-hetero) is 4. The lowest BCUT2D eigenvalue weighted by Gasteiger charge is -2.33. The van der Waals surface area contributed by atoms with Crippen molar-refractivity contribution >= 4 is 102 Å². The van der Waals surface area contributed by atoms with E-state index in [0.717, 1.165) is 4.70 Å². The fourth-order valence-electron chi connectivity index (χ4n) is 7.49. The molecule has 4 aromatic carbocycles. The van der Waals surface area contributed by atoms with Crippen molar-refractivity contribution in [3.63, 3.8) is 0 Å². The molecule has 0 saturated carbocycles. The SMILES string of the molecule is O=C1C(=O)c2ccccc2/C1=C/c1cc2c(s1)-c1sc3cc(/C=C4\C(=O)C(=O)c5ccccc54)sc3c1OC2(C(=O)OCc1ccccc1)C(=O)OCc1ccccc1. The normalized spacial score (nSPS) is 16.2. The summed E-state index contributed by atoms with van der Waals surface area (Å²) in [5.41, 5.74) is 1.23. The van der Waals surface area contributed by atoms with Gasteiger partial charge in [0.1, 0.15) is 13.2 Å². The third-order valence-corrected chi connectivity index (χ3v) is 13.9. The summed E-state index contributed by atoms with van der Waals surface area (Å²) < 4.78 is 19.9. The van der Waals surface area contributed by atoms with Gasteiger partial charge in [-0.3, -0.25) is 19.2 Å². The first-order valence-corrected chi connectivity index (χ1v) is 20.8. The molecule has 4 heterocycles. The van der Waals surface area contributed by atoms with Crippen LogP contribution in [0.4, 0.5) is 0 Å². The van der Waals surface area contributed by atoms with Crippen molar-refractivity contribution in [2.24, 2.45) is 0 Å².